The molecule has 2 N–H and O–H groups in total. The molecular weight excluding hydrogens is 392 g/mol. The standard InChI is InChI=1S/C24H20N4O3/c25-14-18-12-17-10-15(4-6-20(17)31-18)11-23-26-24-3-1-2-19(28(24)27-23)16-5-7-21-22(13-16)30-9-8-29-21/h1-7,10,12-13H,8-9,11,14,25H2. The quantitative estimate of drug-likeness (QED) is 0.481. The van der Waals surface area contributed by atoms with Crippen LogP contribution in [0.2, 0.25) is 0 Å². The van der Waals surface area contributed by atoms with Crippen molar-refractivity contribution in [2.24, 2.45) is 5.73 Å². The summed E-state index contributed by atoms with van der Waals surface area (Å²) in [5.41, 5.74) is 10.4. The minimum atomic E-state index is 0.390. The summed E-state index contributed by atoms with van der Waals surface area (Å²) in [6.07, 6.45) is 0.626. The largest absolute Gasteiger partial charge is 0.486 e. The fraction of sp³-hybridized carbons (Fsp3) is 0.167. The lowest BCUT2D eigenvalue weighted by Crippen LogP contribution is -2.15. The molecular formula is C24H20N4O3. The van der Waals surface area contributed by atoms with Crippen LogP contribution in [-0.4, -0.2) is 27.8 Å². The minimum absolute atomic E-state index is 0.390. The molecule has 0 unspecified atom stereocenters. The SMILES string of the molecule is NCc1cc2cc(Cc3nc4cccc(-c5ccc6c(c5)OCCO6)n4n3)ccc2o1. The predicted molar refractivity (Wildman–Crippen MR) is 116 cm³/mol. The van der Waals surface area contributed by atoms with Crippen molar-refractivity contribution in [3.8, 4) is 22.8 Å². The van der Waals surface area contributed by atoms with Gasteiger partial charge in [0.1, 0.15) is 24.6 Å². The lowest BCUT2D eigenvalue weighted by atomic mass is 10.1. The highest BCUT2D eigenvalue weighted by Crippen LogP contribution is 2.34. The molecule has 0 saturated carbocycles. The van der Waals surface area contributed by atoms with Crippen molar-refractivity contribution < 1.29 is 13.9 Å². The summed E-state index contributed by atoms with van der Waals surface area (Å²) in [6.45, 7) is 1.52. The maximum atomic E-state index is 5.74. The van der Waals surface area contributed by atoms with Gasteiger partial charge in [0, 0.05) is 17.4 Å². The number of fused-ring (bicyclic) bond motifs is 3. The van der Waals surface area contributed by atoms with Crippen LogP contribution >= 0.6 is 0 Å². The van der Waals surface area contributed by atoms with Gasteiger partial charge in [-0.2, -0.15) is 5.10 Å². The van der Waals surface area contributed by atoms with E-state index < -0.39 is 0 Å². The van der Waals surface area contributed by atoms with Gasteiger partial charge >= 0.3 is 0 Å². The number of hydrogen-bond acceptors (Lipinski definition) is 6. The first-order valence-corrected chi connectivity index (χ1v) is 10.2. The molecule has 0 fully saturated rings. The van der Waals surface area contributed by atoms with Crippen molar-refractivity contribution >= 4 is 16.6 Å². The smallest absolute Gasteiger partial charge is 0.162 e. The summed E-state index contributed by atoms with van der Waals surface area (Å²) in [5, 5.41) is 5.83. The van der Waals surface area contributed by atoms with Gasteiger partial charge in [-0.25, -0.2) is 9.50 Å². The van der Waals surface area contributed by atoms with E-state index in [0.717, 1.165) is 56.5 Å². The van der Waals surface area contributed by atoms with Gasteiger partial charge in [-0.15, -0.1) is 0 Å². The first-order chi connectivity index (χ1) is 15.3. The third kappa shape index (κ3) is 3.19. The first-order valence-electron chi connectivity index (χ1n) is 10.2. The summed E-state index contributed by atoms with van der Waals surface area (Å²) in [6, 6.07) is 20.0. The Hall–Kier alpha value is -3.84. The molecule has 7 nitrogen and oxygen atoms in total. The molecule has 0 amide bonds. The molecule has 0 saturated heterocycles. The molecule has 0 radical (unpaired) electrons. The molecule has 4 heterocycles. The fourth-order valence-electron chi connectivity index (χ4n) is 3.99. The van der Waals surface area contributed by atoms with Gasteiger partial charge in [0.15, 0.2) is 23.0 Å². The number of ether oxygens (including phenoxy) is 2. The van der Waals surface area contributed by atoms with Crippen LogP contribution in [0.15, 0.2) is 65.1 Å². The van der Waals surface area contributed by atoms with Gasteiger partial charge < -0.3 is 19.6 Å². The number of furan rings is 1. The molecule has 5 aromatic rings. The molecule has 6 rings (SSSR count). The van der Waals surface area contributed by atoms with Crippen LogP contribution in [0, 0.1) is 0 Å². The Kier molecular flexibility index (Phi) is 4.14. The van der Waals surface area contributed by atoms with Crippen molar-refractivity contribution in [2.75, 3.05) is 13.2 Å². The van der Waals surface area contributed by atoms with Crippen molar-refractivity contribution in [1.82, 2.24) is 14.6 Å². The minimum Gasteiger partial charge on any atom is -0.486 e. The topological polar surface area (TPSA) is 87.8 Å². The van der Waals surface area contributed by atoms with Gasteiger partial charge in [0.2, 0.25) is 0 Å². The Morgan fingerprint density at radius 3 is 2.74 bits per heavy atom. The maximum absolute atomic E-state index is 5.74. The van der Waals surface area contributed by atoms with Crippen LogP contribution in [0.1, 0.15) is 17.1 Å². The van der Waals surface area contributed by atoms with Crippen LogP contribution in [0.3, 0.4) is 0 Å². The maximum Gasteiger partial charge on any atom is 0.162 e. The van der Waals surface area contributed by atoms with Crippen molar-refractivity contribution in [3.05, 3.63) is 77.8 Å². The summed E-state index contributed by atoms with van der Waals surface area (Å²) in [5.74, 6) is 3.06. The van der Waals surface area contributed by atoms with Crippen LogP contribution < -0.4 is 15.2 Å². The number of nitrogens with zero attached hydrogens (tertiary/aromatic N) is 3. The molecule has 3 aromatic heterocycles. The summed E-state index contributed by atoms with van der Waals surface area (Å²) >= 11 is 0. The fourth-order valence-corrected chi connectivity index (χ4v) is 3.99. The third-order valence-corrected chi connectivity index (χ3v) is 5.44. The summed E-state index contributed by atoms with van der Waals surface area (Å²) in [7, 11) is 0. The highest BCUT2D eigenvalue weighted by molar-refractivity contribution is 5.78. The van der Waals surface area contributed by atoms with Gasteiger partial charge in [-0.1, -0.05) is 12.1 Å². The molecule has 31 heavy (non-hydrogen) atoms. The zero-order chi connectivity index (χ0) is 20.8. The Bertz CT molecular complexity index is 1420. The second-order valence-electron chi connectivity index (χ2n) is 7.53. The molecule has 0 atom stereocenters. The second-order valence-corrected chi connectivity index (χ2v) is 7.53. The molecule has 0 aliphatic carbocycles. The number of pyridine rings is 1. The highest BCUT2D eigenvalue weighted by atomic mass is 16.6. The van der Waals surface area contributed by atoms with E-state index in [1.54, 1.807) is 0 Å². The third-order valence-electron chi connectivity index (χ3n) is 5.44. The lowest BCUT2D eigenvalue weighted by Gasteiger charge is -2.19. The molecule has 1 aliphatic rings. The first kappa shape index (κ1) is 18.0. The summed E-state index contributed by atoms with van der Waals surface area (Å²) in [4.78, 5) is 4.74. The van der Waals surface area contributed by atoms with E-state index in [2.05, 4.69) is 6.07 Å². The van der Waals surface area contributed by atoms with E-state index in [4.69, 9.17) is 29.7 Å². The average Bonchev–Trinajstić information content (AvgIpc) is 3.41. The Balaban J connectivity index is 1.36. The molecule has 1 aliphatic heterocycles. The average molecular weight is 412 g/mol. The van der Waals surface area contributed by atoms with E-state index in [1.807, 2.05) is 59.1 Å². The van der Waals surface area contributed by atoms with Gasteiger partial charge in [-0.05, 0) is 54.1 Å². The molecule has 2 aromatic carbocycles. The van der Waals surface area contributed by atoms with Crippen LogP contribution in [0.4, 0.5) is 0 Å². The number of aromatic nitrogens is 3. The second kappa shape index (κ2) is 7.14. The molecule has 154 valence electrons. The van der Waals surface area contributed by atoms with Gasteiger partial charge in [0.05, 0.1) is 12.2 Å². The van der Waals surface area contributed by atoms with Crippen LogP contribution in [0.25, 0.3) is 27.9 Å². The van der Waals surface area contributed by atoms with Crippen LogP contribution in [0.5, 0.6) is 11.5 Å². The van der Waals surface area contributed by atoms with Crippen molar-refractivity contribution in [1.29, 1.82) is 0 Å². The Labute approximate surface area is 178 Å². The van der Waals surface area contributed by atoms with Gasteiger partial charge in [-0.3, -0.25) is 0 Å². The van der Waals surface area contributed by atoms with Crippen LogP contribution in [-0.2, 0) is 13.0 Å². The molecule has 7 heteroatoms. The lowest BCUT2D eigenvalue weighted by molar-refractivity contribution is 0.171. The number of nitrogens with two attached hydrogens (primary N) is 1. The van der Waals surface area contributed by atoms with Crippen molar-refractivity contribution in [3.63, 3.8) is 0 Å². The zero-order valence-corrected chi connectivity index (χ0v) is 16.7. The Morgan fingerprint density at radius 1 is 0.935 bits per heavy atom. The van der Waals surface area contributed by atoms with E-state index in [-0.39, 0.29) is 0 Å². The van der Waals surface area contributed by atoms with Crippen molar-refractivity contribution in [2.45, 2.75) is 13.0 Å². The monoisotopic (exact) mass is 412 g/mol. The molecule has 0 bridgehead atoms. The van der Waals surface area contributed by atoms with Gasteiger partial charge in [0.25, 0.3) is 0 Å². The number of hydrogen-bond donors (Lipinski definition) is 1. The highest BCUT2D eigenvalue weighted by Gasteiger charge is 2.15. The normalized spacial score (nSPS) is 13.2. The predicted octanol–water partition coefficient (Wildman–Crippen LogP) is 3.96. The zero-order valence-electron chi connectivity index (χ0n) is 16.7. The van der Waals surface area contributed by atoms with E-state index in [1.165, 1.54) is 0 Å². The molecule has 0 spiro atoms. The van der Waals surface area contributed by atoms with E-state index >= 15 is 0 Å². The number of rotatable bonds is 4. The Morgan fingerprint density at radius 2 is 1.84 bits per heavy atom. The number of benzene rings is 2. The van der Waals surface area contributed by atoms with E-state index in [0.29, 0.717) is 26.2 Å². The van der Waals surface area contributed by atoms with E-state index in [9.17, 15) is 0 Å². The summed E-state index contributed by atoms with van der Waals surface area (Å²) < 4.78 is 19.0.